The lowest BCUT2D eigenvalue weighted by molar-refractivity contribution is 0.0612. The Balaban J connectivity index is 1.81. The van der Waals surface area contributed by atoms with Crippen molar-refractivity contribution in [3.63, 3.8) is 0 Å². The maximum absolute atomic E-state index is 12.9. The molecule has 1 aromatic heterocycles. The Bertz CT molecular complexity index is 737. The third-order valence-corrected chi connectivity index (χ3v) is 4.53. The number of aromatic nitrogens is 1. The number of pyridine rings is 1. The molecule has 1 aliphatic rings. The molecule has 1 unspecified atom stereocenters. The number of benzene rings is 1. The molecule has 4 nitrogen and oxygen atoms in total. The van der Waals surface area contributed by atoms with Crippen LogP contribution in [0.5, 0.6) is 0 Å². The highest BCUT2D eigenvalue weighted by Crippen LogP contribution is 2.22. The second-order valence-corrected chi connectivity index (χ2v) is 6.20. The minimum Gasteiger partial charge on any atom is -0.335 e. The summed E-state index contributed by atoms with van der Waals surface area (Å²) in [5.41, 5.74) is 1.76. The van der Waals surface area contributed by atoms with Crippen LogP contribution in [0.2, 0.25) is 0 Å². The number of aryl methyl sites for hydroxylation is 1. The first-order chi connectivity index (χ1) is 11.1. The number of carbonyl (C=O) groups is 1. The van der Waals surface area contributed by atoms with Gasteiger partial charge in [0.1, 0.15) is 0 Å². The molecular weight excluding hydrogens is 288 g/mol. The van der Waals surface area contributed by atoms with Gasteiger partial charge in [0, 0.05) is 31.9 Å². The van der Waals surface area contributed by atoms with Crippen molar-refractivity contribution in [3.8, 4) is 0 Å². The molecule has 0 spiro atoms. The van der Waals surface area contributed by atoms with Crippen molar-refractivity contribution in [2.24, 2.45) is 7.05 Å². The van der Waals surface area contributed by atoms with Gasteiger partial charge in [0.2, 0.25) is 5.56 Å². The number of carbonyl (C=O) groups excluding carboxylic acids is 1. The summed E-state index contributed by atoms with van der Waals surface area (Å²) in [6.07, 6.45) is 5.76. The van der Waals surface area contributed by atoms with Crippen molar-refractivity contribution in [1.29, 1.82) is 0 Å². The average Bonchev–Trinajstić information content (AvgIpc) is 2.58. The largest absolute Gasteiger partial charge is 0.335 e. The second-order valence-electron chi connectivity index (χ2n) is 6.20. The van der Waals surface area contributed by atoms with E-state index < -0.39 is 0 Å². The van der Waals surface area contributed by atoms with E-state index in [4.69, 9.17) is 0 Å². The Hall–Kier alpha value is -2.36. The monoisotopic (exact) mass is 310 g/mol. The zero-order valence-electron chi connectivity index (χ0n) is 13.4. The van der Waals surface area contributed by atoms with E-state index in [1.807, 2.05) is 23.1 Å². The van der Waals surface area contributed by atoms with Crippen LogP contribution < -0.4 is 5.56 Å². The van der Waals surface area contributed by atoms with Gasteiger partial charge in [-0.25, -0.2) is 0 Å². The van der Waals surface area contributed by atoms with E-state index in [0.717, 1.165) is 32.2 Å². The van der Waals surface area contributed by atoms with Crippen LogP contribution in [0.3, 0.4) is 0 Å². The zero-order chi connectivity index (χ0) is 16.2. The third-order valence-electron chi connectivity index (χ3n) is 4.53. The van der Waals surface area contributed by atoms with Gasteiger partial charge in [-0.2, -0.15) is 0 Å². The highest BCUT2D eigenvalue weighted by atomic mass is 16.2. The number of amides is 1. The van der Waals surface area contributed by atoms with Crippen LogP contribution in [0.1, 0.15) is 35.2 Å². The molecular formula is C19H22N2O2. The van der Waals surface area contributed by atoms with Gasteiger partial charge in [-0.15, -0.1) is 0 Å². The molecule has 0 N–H and O–H groups in total. The molecule has 1 aliphatic heterocycles. The number of likely N-dealkylation sites (tertiary alicyclic amines) is 1. The maximum atomic E-state index is 12.9. The number of piperidine rings is 1. The predicted molar refractivity (Wildman–Crippen MR) is 90.5 cm³/mol. The Labute approximate surface area is 136 Å². The minimum absolute atomic E-state index is 0.0289. The van der Waals surface area contributed by atoms with Gasteiger partial charge in [-0.3, -0.25) is 9.59 Å². The third kappa shape index (κ3) is 3.52. The fourth-order valence-corrected chi connectivity index (χ4v) is 3.25. The Morgan fingerprint density at radius 3 is 2.65 bits per heavy atom. The van der Waals surface area contributed by atoms with Crippen molar-refractivity contribution in [2.45, 2.75) is 31.7 Å². The topological polar surface area (TPSA) is 42.3 Å². The number of hydrogen-bond donors (Lipinski definition) is 0. The van der Waals surface area contributed by atoms with E-state index >= 15 is 0 Å². The van der Waals surface area contributed by atoms with Crippen LogP contribution in [0.15, 0.2) is 53.5 Å². The van der Waals surface area contributed by atoms with E-state index in [1.165, 1.54) is 16.2 Å². The summed E-state index contributed by atoms with van der Waals surface area (Å²) < 4.78 is 1.46. The van der Waals surface area contributed by atoms with Gasteiger partial charge in [-0.1, -0.05) is 30.3 Å². The molecule has 4 heteroatoms. The average molecular weight is 310 g/mol. The molecule has 120 valence electrons. The molecule has 23 heavy (non-hydrogen) atoms. The molecule has 0 saturated carbocycles. The van der Waals surface area contributed by atoms with E-state index in [-0.39, 0.29) is 17.5 Å². The highest BCUT2D eigenvalue weighted by molar-refractivity contribution is 5.94. The lowest BCUT2D eigenvalue weighted by Gasteiger charge is -2.36. The smallest absolute Gasteiger partial charge is 0.255 e. The summed E-state index contributed by atoms with van der Waals surface area (Å²) >= 11 is 0. The quantitative estimate of drug-likeness (QED) is 0.874. The van der Waals surface area contributed by atoms with Crippen molar-refractivity contribution < 1.29 is 4.79 Å². The van der Waals surface area contributed by atoms with Gasteiger partial charge in [0.15, 0.2) is 0 Å². The first-order valence-electron chi connectivity index (χ1n) is 8.17. The number of rotatable bonds is 3. The van der Waals surface area contributed by atoms with Crippen LogP contribution in [0, 0.1) is 0 Å². The summed E-state index contributed by atoms with van der Waals surface area (Å²) in [6, 6.07) is 13.7. The SMILES string of the molecule is Cn1cc(C(=O)N2CCCCC2Cc2ccccc2)ccc1=O. The number of nitrogens with zero attached hydrogens (tertiary/aromatic N) is 2. The van der Waals surface area contributed by atoms with Gasteiger partial charge in [-0.05, 0) is 37.3 Å². The van der Waals surface area contributed by atoms with Crippen LogP contribution in [0.4, 0.5) is 0 Å². The Morgan fingerprint density at radius 2 is 1.91 bits per heavy atom. The fraction of sp³-hybridized carbons (Fsp3) is 0.368. The molecule has 2 aromatic rings. The number of hydrogen-bond acceptors (Lipinski definition) is 2. The van der Waals surface area contributed by atoms with Crippen LogP contribution in [-0.2, 0) is 13.5 Å². The van der Waals surface area contributed by atoms with Gasteiger partial charge in [0.25, 0.3) is 5.91 Å². The molecule has 1 amide bonds. The van der Waals surface area contributed by atoms with Crippen molar-refractivity contribution in [2.75, 3.05) is 6.54 Å². The van der Waals surface area contributed by atoms with E-state index in [1.54, 1.807) is 19.3 Å². The Kier molecular flexibility index (Phi) is 4.60. The molecule has 0 radical (unpaired) electrons. The highest BCUT2D eigenvalue weighted by Gasteiger charge is 2.27. The van der Waals surface area contributed by atoms with Gasteiger partial charge >= 0.3 is 0 Å². The van der Waals surface area contributed by atoms with Gasteiger partial charge < -0.3 is 9.47 Å². The molecule has 2 heterocycles. The summed E-state index contributed by atoms with van der Waals surface area (Å²) in [5.74, 6) is 0.0289. The molecule has 3 rings (SSSR count). The van der Waals surface area contributed by atoms with Crippen molar-refractivity contribution in [1.82, 2.24) is 9.47 Å². The molecule has 1 fully saturated rings. The van der Waals surface area contributed by atoms with E-state index in [2.05, 4.69) is 12.1 Å². The molecule has 0 aliphatic carbocycles. The summed E-state index contributed by atoms with van der Waals surface area (Å²) in [4.78, 5) is 26.4. The summed E-state index contributed by atoms with van der Waals surface area (Å²) in [7, 11) is 1.68. The van der Waals surface area contributed by atoms with Crippen LogP contribution >= 0.6 is 0 Å². The van der Waals surface area contributed by atoms with Crippen LogP contribution in [0.25, 0.3) is 0 Å². The summed E-state index contributed by atoms with van der Waals surface area (Å²) in [6.45, 7) is 0.791. The first kappa shape index (κ1) is 15.5. The predicted octanol–water partition coefficient (Wildman–Crippen LogP) is 2.62. The van der Waals surface area contributed by atoms with E-state index in [9.17, 15) is 9.59 Å². The first-order valence-corrected chi connectivity index (χ1v) is 8.17. The van der Waals surface area contributed by atoms with Crippen LogP contribution in [-0.4, -0.2) is 28.0 Å². The van der Waals surface area contributed by atoms with E-state index in [0.29, 0.717) is 5.56 Å². The molecule has 1 atom stereocenters. The molecule has 1 saturated heterocycles. The lowest BCUT2D eigenvalue weighted by atomic mass is 9.95. The standard InChI is InChI=1S/C19H22N2O2/c1-20-14-16(10-11-18(20)22)19(23)21-12-6-5-9-17(21)13-15-7-3-2-4-8-15/h2-4,7-8,10-11,14,17H,5-6,9,12-13H2,1H3. The molecule has 1 aromatic carbocycles. The van der Waals surface area contributed by atoms with Crippen molar-refractivity contribution in [3.05, 3.63) is 70.1 Å². The molecule has 0 bridgehead atoms. The minimum atomic E-state index is -0.0963. The zero-order valence-corrected chi connectivity index (χ0v) is 13.4. The second kappa shape index (κ2) is 6.82. The maximum Gasteiger partial charge on any atom is 0.255 e. The summed E-state index contributed by atoms with van der Waals surface area (Å²) in [5, 5.41) is 0. The lowest BCUT2D eigenvalue weighted by Crippen LogP contribution is -2.45. The van der Waals surface area contributed by atoms with Gasteiger partial charge in [0.05, 0.1) is 5.56 Å². The Morgan fingerprint density at radius 1 is 1.13 bits per heavy atom. The normalized spacial score (nSPS) is 18.0. The fourth-order valence-electron chi connectivity index (χ4n) is 3.25. The van der Waals surface area contributed by atoms with Crippen molar-refractivity contribution >= 4 is 5.91 Å².